The molecule has 3 rings (SSSR count). The maximum atomic E-state index is 5.58. The quantitative estimate of drug-likeness (QED) is 0.925. The molecule has 2 unspecified atom stereocenters. The summed E-state index contributed by atoms with van der Waals surface area (Å²) in [5.74, 6) is 0.995. The number of likely N-dealkylation sites (tertiary alicyclic amines) is 1. The van der Waals surface area contributed by atoms with Crippen LogP contribution in [0, 0.1) is 0 Å². The number of fused-ring (bicyclic) bond motifs is 2. The number of nitrogens with zero attached hydrogens (tertiary/aromatic N) is 1. The fraction of sp³-hybridized carbons (Fsp3) is 0.625. The monoisotopic (exact) mass is 296 g/mol. The van der Waals surface area contributed by atoms with Crippen molar-refractivity contribution in [1.29, 1.82) is 0 Å². The average molecular weight is 297 g/mol. The first kappa shape index (κ1) is 15.6. The normalized spacial score (nSPS) is 25.9. The van der Waals surface area contributed by atoms with Gasteiger partial charge in [-0.1, -0.05) is 12.1 Å². The van der Waals surface area contributed by atoms with Gasteiger partial charge in [-0.05, 0) is 43.9 Å². The highest BCUT2D eigenvalue weighted by Crippen LogP contribution is 2.22. The average Bonchev–Trinajstić information content (AvgIpc) is 2.74. The van der Waals surface area contributed by atoms with Gasteiger partial charge in [-0.15, -0.1) is 12.4 Å². The van der Waals surface area contributed by atoms with E-state index in [-0.39, 0.29) is 12.4 Å². The molecule has 0 amide bonds. The molecule has 2 aliphatic heterocycles. The molecule has 1 aromatic rings. The van der Waals surface area contributed by atoms with Gasteiger partial charge in [0.05, 0.1) is 6.61 Å². The summed E-state index contributed by atoms with van der Waals surface area (Å²) in [4.78, 5) is 2.59. The first-order valence-electron chi connectivity index (χ1n) is 7.53. The molecular weight excluding hydrogens is 272 g/mol. The van der Waals surface area contributed by atoms with Gasteiger partial charge in [0, 0.05) is 31.7 Å². The molecule has 2 atom stereocenters. The Balaban J connectivity index is 0.00000147. The van der Waals surface area contributed by atoms with Crippen LogP contribution in [0.25, 0.3) is 0 Å². The third kappa shape index (κ3) is 3.87. The van der Waals surface area contributed by atoms with Gasteiger partial charge in [0.15, 0.2) is 0 Å². The summed E-state index contributed by atoms with van der Waals surface area (Å²) in [7, 11) is 0. The highest BCUT2D eigenvalue weighted by molar-refractivity contribution is 5.85. The van der Waals surface area contributed by atoms with Gasteiger partial charge in [-0.2, -0.15) is 0 Å². The van der Waals surface area contributed by atoms with Gasteiger partial charge >= 0.3 is 0 Å². The van der Waals surface area contributed by atoms with Crippen LogP contribution in [0.5, 0.6) is 5.75 Å². The minimum absolute atomic E-state index is 0. The Bertz CT molecular complexity index is 427. The molecule has 2 heterocycles. The van der Waals surface area contributed by atoms with E-state index in [4.69, 9.17) is 4.74 Å². The Morgan fingerprint density at radius 3 is 2.95 bits per heavy atom. The molecule has 2 bridgehead atoms. The van der Waals surface area contributed by atoms with Gasteiger partial charge in [-0.3, -0.25) is 4.90 Å². The lowest BCUT2D eigenvalue weighted by Gasteiger charge is -2.24. The lowest BCUT2D eigenvalue weighted by molar-refractivity contribution is 0.250. The fourth-order valence-corrected chi connectivity index (χ4v) is 3.32. The van der Waals surface area contributed by atoms with Crippen molar-refractivity contribution in [1.82, 2.24) is 10.2 Å². The molecule has 1 aromatic carbocycles. The summed E-state index contributed by atoms with van der Waals surface area (Å²) in [5.41, 5.74) is 1.36. The molecule has 0 aliphatic carbocycles. The smallest absolute Gasteiger partial charge is 0.119 e. The summed E-state index contributed by atoms with van der Waals surface area (Å²) < 4.78 is 5.58. The fourth-order valence-electron chi connectivity index (χ4n) is 3.32. The molecule has 2 aliphatic rings. The van der Waals surface area contributed by atoms with Crippen LogP contribution >= 0.6 is 12.4 Å². The molecule has 3 nitrogen and oxygen atoms in total. The lowest BCUT2D eigenvalue weighted by atomic mass is 10.1. The van der Waals surface area contributed by atoms with E-state index in [1.807, 2.05) is 13.0 Å². The predicted octanol–water partition coefficient (Wildman–Crippen LogP) is 2.83. The van der Waals surface area contributed by atoms with Crippen LogP contribution in [-0.4, -0.2) is 36.7 Å². The van der Waals surface area contributed by atoms with Crippen molar-refractivity contribution in [3.8, 4) is 5.75 Å². The van der Waals surface area contributed by atoms with Gasteiger partial charge < -0.3 is 10.1 Å². The molecular formula is C16H25ClN2O. The van der Waals surface area contributed by atoms with E-state index >= 15 is 0 Å². The Kier molecular flexibility index (Phi) is 5.70. The topological polar surface area (TPSA) is 24.5 Å². The summed E-state index contributed by atoms with van der Waals surface area (Å²) in [6.45, 7) is 6.22. The lowest BCUT2D eigenvalue weighted by Crippen LogP contribution is -2.34. The second-order valence-corrected chi connectivity index (χ2v) is 5.74. The number of rotatable bonds is 4. The first-order chi connectivity index (χ1) is 9.33. The second-order valence-electron chi connectivity index (χ2n) is 5.74. The Morgan fingerprint density at radius 2 is 2.10 bits per heavy atom. The standard InChI is InChI=1S/C16H24N2O.ClH/c1-2-19-16-5-3-4-13(10-16)11-18-9-8-14-6-7-15(12-18)17-14;/h3-5,10,14-15,17H,2,6-9,11-12H2,1H3;1H. The second kappa shape index (κ2) is 7.30. The molecule has 0 aromatic heterocycles. The molecule has 112 valence electrons. The van der Waals surface area contributed by atoms with Gasteiger partial charge in [0.2, 0.25) is 0 Å². The first-order valence-corrected chi connectivity index (χ1v) is 7.53. The zero-order valence-corrected chi connectivity index (χ0v) is 13.0. The van der Waals surface area contributed by atoms with E-state index in [1.54, 1.807) is 0 Å². The zero-order valence-electron chi connectivity index (χ0n) is 12.2. The molecule has 1 N–H and O–H groups in total. The number of halogens is 1. The van der Waals surface area contributed by atoms with E-state index in [2.05, 4.69) is 28.4 Å². The number of benzene rings is 1. The van der Waals surface area contributed by atoms with Gasteiger partial charge in [0.1, 0.15) is 5.75 Å². The van der Waals surface area contributed by atoms with Crippen LogP contribution in [0.2, 0.25) is 0 Å². The van der Waals surface area contributed by atoms with Crippen molar-refractivity contribution in [3.63, 3.8) is 0 Å². The van der Waals surface area contributed by atoms with Crippen molar-refractivity contribution in [2.45, 2.75) is 44.8 Å². The summed E-state index contributed by atoms with van der Waals surface area (Å²) >= 11 is 0. The largest absolute Gasteiger partial charge is 0.494 e. The van der Waals surface area contributed by atoms with Crippen LogP contribution in [0.4, 0.5) is 0 Å². The highest BCUT2D eigenvalue weighted by Gasteiger charge is 2.28. The summed E-state index contributed by atoms with van der Waals surface area (Å²) in [5, 5.41) is 3.73. The summed E-state index contributed by atoms with van der Waals surface area (Å²) in [6.07, 6.45) is 4.01. The highest BCUT2D eigenvalue weighted by atomic mass is 35.5. The van der Waals surface area contributed by atoms with E-state index in [0.29, 0.717) is 6.04 Å². The van der Waals surface area contributed by atoms with Crippen molar-refractivity contribution in [2.75, 3.05) is 19.7 Å². The number of hydrogen-bond acceptors (Lipinski definition) is 3. The third-order valence-electron chi connectivity index (χ3n) is 4.22. The molecule has 0 spiro atoms. The molecule has 2 fully saturated rings. The Hall–Kier alpha value is -0.770. The van der Waals surface area contributed by atoms with Crippen LogP contribution in [0.15, 0.2) is 24.3 Å². The van der Waals surface area contributed by atoms with Crippen LogP contribution < -0.4 is 10.1 Å². The minimum Gasteiger partial charge on any atom is -0.494 e. The number of nitrogens with one attached hydrogen (secondary N) is 1. The van der Waals surface area contributed by atoms with E-state index in [0.717, 1.165) is 24.9 Å². The molecule has 2 saturated heterocycles. The van der Waals surface area contributed by atoms with Crippen LogP contribution in [0.1, 0.15) is 31.7 Å². The third-order valence-corrected chi connectivity index (χ3v) is 4.22. The molecule has 20 heavy (non-hydrogen) atoms. The van der Waals surface area contributed by atoms with Crippen molar-refractivity contribution >= 4 is 12.4 Å². The maximum absolute atomic E-state index is 5.58. The molecule has 0 radical (unpaired) electrons. The predicted molar refractivity (Wildman–Crippen MR) is 84.7 cm³/mol. The Morgan fingerprint density at radius 1 is 1.25 bits per heavy atom. The van der Waals surface area contributed by atoms with Gasteiger partial charge in [0.25, 0.3) is 0 Å². The van der Waals surface area contributed by atoms with E-state index in [9.17, 15) is 0 Å². The minimum atomic E-state index is 0. The summed E-state index contributed by atoms with van der Waals surface area (Å²) in [6, 6.07) is 10.0. The number of hydrogen-bond donors (Lipinski definition) is 1. The van der Waals surface area contributed by atoms with Crippen molar-refractivity contribution < 1.29 is 4.74 Å². The zero-order chi connectivity index (χ0) is 13.1. The van der Waals surface area contributed by atoms with Crippen molar-refractivity contribution in [2.24, 2.45) is 0 Å². The van der Waals surface area contributed by atoms with Gasteiger partial charge in [-0.25, -0.2) is 0 Å². The number of ether oxygens (including phenoxy) is 1. The maximum Gasteiger partial charge on any atom is 0.119 e. The van der Waals surface area contributed by atoms with E-state index in [1.165, 1.54) is 37.9 Å². The van der Waals surface area contributed by atoms with Crippen LogP contribution in [-0.2, 0) is 6.54 Å². The molecule has 4 heteroatoms. The SMILES string of the molecule is CCOc1cccc(CN2CCC3CCC(C2)N3)c1.Cl. The Labute approximate surface area is 128 Å². The van der Waals surface area contributed by atoms with Crippen LogP contribution in [0.3, 0.4) is 0 Å². The molecule has 0 saturated carbocycles. The van der Waals surface area contributed by atoms with Crippen molar-refractivity contribution in [3.05, 3.63) is 29.8 Å². The van der Waals surface area contributed by atoms with E-state index < -0.39 is 0 Å².